The Hall–Kier alpha value is -2.97. The van der Waals surface area contributed by atoms with Crippen molar-refractivity contribution in [1.82, 2.24) is 14.6 Å². The second-order valence-corrected chi connectivity index (χ2v) is 6.28. The molecule has 8 heteroatoms. The summed E-state index contributed by atoms with van der Waals surface area (Å²) in [5.74, 6) is -0.484. The fraction of sp³-hybridized carbons (Fsp3) is 0.118. The lowest BCUT2D eigenvalue weighted by molar-refractivity contribution is -0.143. The Kier molecular flexibility index (Phi) is 3.83. The molecule has 4 rings (SSSR count). The van der Waals surface area contributed by atoms with Gasteiger partial charge in [0.2, 0.25) is 0 Å². The van der Waals surface area contributed by atoms with Gasteiger partial charge in [-0.15, -0.1) is 0 Å². The molecule has 0 saturated carbocycles. The number of esters is 1. The lowest BCUT2D eigenvalue weighted by atomic mass is 10.0. The van der Waals surface area contributed by atoms with Crippen molar-refractivity contribution in [2.45, 2.75) is 6.61 Å². The highest BCUT2D eigenvalue weighted by Gasteiger charge is 2.13. The fourth-order valence-electron chi connectivity index (χ4n) is 2.81. The molecule has 4 aromatic rings. The lowest BCUT2D eigenvalue weighted by Crippen LogP contribution is -2.17. The molecule has 0 aliphatic rings. The van der Waals surface area contributed by atoms with E-state index in [2.05, 4.69) is 10.2 Å². The lowest BCUT2D eigenvalue weighted by Gasteiger charge is -2.10. The molecule has 0 saturated heterocycles. The van der Waals surface area contributed by atoms with Gasteiger partial charge in [-0.3, -0.25) is 4.79 Å². The van der Waals surface area contributed by atoms with Crippen molar-refractivity contribution in [1.29, 1.82) is 0 Å². The molecular formula is C17H14N4O3S. The quantitative estimate of drug-likeness (QED) is 0.545. The Morgan fingerprint density at radius 2 is 2.16 bits per heavy atom. The highest BCUT2D eigenvalue weighted by Crippen LogP contribution is 2.28. The number of ether oxygens (including phenoxy) is 1. The minimum Gasteiger partial charge on any atom is -0.460 e. The van der Waals surface area contributed by atoms with Gasteiger partial charge in [-0.05, 0) is 40.1 Å². The van der Waals surface area contributed by atoms with Crippen LogP contribution >= 0.6 is 11.3 Å². The molecule has 0 fully saturated rings. The van der Waals surface area contributed by atoms with Gasteiger partial charge in [0.05, 0.1) is 12.1 Å². The van der Waals surface area contributed by atoms with Crippen LogP contribution in [0.15, 0.2) is 45.9 Å². The highest BCUT2D eigenvalue weighted by molar-refractivity contribution is 7.08. The third-order valence-electron chi connectivity index (χ3n) is 4.00. The summed E-state index contributed by atoms with van der Waals surface area (Å²) in [4.78, 5) is 23.5. The van der Waals surface area contributed by atoms with Crippen molar-refractivity contribution in [2.75, 3.05) is 6.54 Å². The van der Waals surface area contributed by atoms with Gasteiger partial charge in [-0.2, -0.15) is 16.4 Å². The number of pyridine rings is 1. The molecule has 0 amide bonds. The van der Waals surface area contributed by atoms with Gasteiger partial charge in [-0.25, -0.2) is 14.3 Å². The van der Waals surface area contributed by atoms with E-state index in [1.165, 1.54) is 4.40 Å². The maximum Gasteiger partial charge on any atom is 0.348 e. The number of nitrogens with zero attached hydrogens (tertiary/aromatic N) is 2. The number of benzene rings is 1. The molecule has 126 valence electrons. The summed E-state index contributed by atoms with van der Waals surface area (Å²) in [5.41, 5.74) is 8.99. The first kappa shape index (κ1) is 15.6. The van der Waals surface area contributed by atoms with Crippen molar-refractivity contribution < 1.29 is 9.53 Å². The van der Waals surface area contributed by atoms with Gasteiger partial charge in [0.1, 0.15) is 6.61 Å². The van der Waals surface area contributed by atoms with Crippen LogP contribution in [0.3, 0.4) is 0 Å². The van der Waals surface area contributed by atoms with Crippen molar-refractivity contribution in [2.24, 2.45) is 5.73 Å². The predicted molar refractivity (Wildman–Crippen MR) is 95.5 cm³/mol. The number of aromatic amines is 1. The van der Waals surface area contributed by atoms with Crippen molar-refractivity contribution in [3.8, 4) is 11.1 Å². The SMILES string of the molecule is NCC(=O)OCc1cc2n[nH]c(=O)n2c2cc(-c3ccsc3)ccc12. The molecule has 1 aromatic carbocycles. The maximum atomic E-state index is 12.2. The van der Waals surface area contributed by atoms with Gasteiger partial charge in [-0.1, -0.05) is 12.1 Å². The monoisotopic (exact) mass is 354 g/mol. The minimum absolute atomic E-state index is 0.0713. The van der Waals surface area contributed by atoms with Gasteiger partial charge in [0.15, 0.2) is 5.65 Å². The summed E-state index contributed by atoms with van der Waals surface area (Å²) < 4.78 is 6.67. The smallest absolute Gasteiger partial charge is 0.348 e. The second-order valence-electron chi connectivity index (χ2n) is 5.50. The Labute approximate surface area is 145 Å². The molecule has 0 radical (unpaired) electrons. The molecule has 3 heterocycles. The zero-order valence-corrected chi connectivity index (χ0v) is 13.9. The van der Waals surface area contributed by atoms with Gasteiger partial charge < -0.3 is 10.5 Å². The molecule has 0 spiro atoms. The summed E-state index contributed by atoms with van der Waals surface area (Å²) in [6, 6.07) is 9.60. The zero-order chi connectivity index (χ0) is 17.4. The summed E-state index contributed by atoms with van der Waals surface area (Å²) in [7, 11) is 0. The van der Waals surface area contributed by atoms with Crippen LogP contribution in [0.25, 0.3) is 27.7 Å². The Morgan fingerprint density at radius 3 is 2.92 bits per heavy atom. The van der Waals surface area contributed by atoms with Crippen LogP contribution < -0.4 is 11.4 Å². The van der Waals surface area contributed by atoms with E-state index in [0.717, 1.165) is 22.1 Å². The van der Waals surface area contributed by atoms with Crippen LogP contribution in [-0.4, -0.2) is 27.1 Å². The normalized spacial score (nSPS) is 11.2. The topological polar surface area (TPSA) is 102 Å². The van der Waals surface area contributed by atoms with Crippen LogP contribution in [0, 0.1) is 0 Å². The van der Waals surface area contributed by atoms with Gasteiger partial charge in [0.25, 0.3) is 0 Å². The standard InChI is InChI=1S/C17H14N4O3S/c18-7-16(22)24-8-12-6-15-19-20-17(23)21(15)14-5-10(1-2-13(12)14)11-3-4-25-9-11/h1-6,9H,7-8,18H2,(H,20,23). The van der Waals surface area contributed by atoms with E-state index in [1.54, 1.807) is 17.4 Å². The average molecular weight is 354 g/mol. The van der Waals surface area contributed by atoms with Crippen LogP contribution in [0.4, 0.5) is 0 Å². The molecule has 7 nitrogen and oxygen atoms in total. The van der Waals surface area contributed by atoms with E-state index in [9.17, 15) is 9.59 Å². The number of carbonyl (C=O) groups excluding carboxylic acids is 1. The van der Waals surface area contributed by atoms with E-state index < -0.39 is 5.97 Å². The third-order valence-corrected chi connectivity index (χ3v) is 4.68. The fourth-order valence-corrected chi connectivity index (χ4v) is 3.47. The number of rotatable bonds is 4. The molecular weight excluding hydrogens is 340 g/mol. The first-order chi connectivity index (χ1) is 12.2. The number of carbonyl (C=O) groups is 1. The first-order valence-corrected chi connectivity index (χ1v) is 8.52. The molecule has 0 aliphatic heterocycles. The van der Waals surface area contributed by atoms with Gasteiger partial charge >= 0.3 is 11.7 Å². The molecule has 3 aromatic heterocycles. The van der Waals surface area contributed by atoms with Crippen molar-refractivity contribution in [3.63, 3.8) is 0 Å². The molecule has 0 atom stereocenters. The number of nitrogens with one attached hydrogen (secondary N) is 1. The number of hydrogen-bond acceptors (Lipinski definition) is 6. The molecule has 25 heavy (non-hydrogen) atoms. The number of hydrogen-bond donors (Lipinski definition) is 2. The van der Waals surface area contributed by atoms with E-state index >= 15 is 0 Å². The average Bonchev–Trinajstić information content (AvgIpc) is 3.29. The molecule has 0 unspecified atom stereocenters. The summed E-state index contributed by atoms with van der Waals surface area (Å²) in [6.45, 7) is -0.105. The van der Waals surface area contributed by atoms with Crippen molar-refractivity contribution >= 4 is 33.9 Å². The maximum absolute atomic E-state index is 12.2. The van der Waals surface area contributed by atoms with E-state index in [4.69, 9.17) is 10.5 Å². The zero-order valence-electron chi connectivity index (χ0n) is 13.1. The van der Waals surface area contributed by atoms with Crippen LogP contribution in [0.1, 0.15) is 5.56 Å². The molecule has 0 bridgehead atoms. The molecule has 0 aliphatic carbocycles. The Bertz CT molecular complexity index is 1130. The Balaban J connectivity index is 1.94. The second kappa shape index (κ2) is 6.15. The van der Waals surface area contributed by atoms with Crippen LogP contribution in [0.2, 0.25) is 0 Å². The summed E-state index contributed by atoms with van der Waals surface area (Å²) >= 11 is 1.61. The van der Waals surface area contributed by atoms with Crippen LogP contribution in [-0.2, 0) is 16.1 Å². The van der Waals surface area contributed by atoms with Crippen molar-refractivity contribution in [3.05, 3.63) is 57.1 Å². The number of nitrogens with two attached hydrogens (primary N) is 1. The Morgan fingerprint density at radius 1 is 1.28 bits per heavy atom. The predicted octanol–water partition coefficient (Wildman–Crippen LogP) is 1.91. The van der Waals surface area contributed by atoms with E-state index in [1.807, 2.05) is 35.0 Å². The summed E-state index contributed by atoms with van der Waals surface area (Å²) in [6.07, 6.45) is 0. The minimum atomic E-state index is -0.484. The highest BCUT2D eigenvalue weighted by atomic mass is 32.1. The molecule has 3 N–H and O–H groups in total. The van der Waals surface area contributed by atoms with Gasteiger partial charge in [0, 0.05) is 10.9 Å². The number of H-pyrrole nitrogens is 1. The number of fused-ring (bicyclic) bond motifs is 3. The largest absolute Gasteiger partial charge is 0.460 e. The first-order valence-electron chi connectivity index (χ1n) is 7.58. The van der Waals surface area contributed by atoms with E-state index in [0.29, 0.717) is 11.2 Å². The third kappa shape index (κ3) is 2.71. The number of thiophene rings is 1. The summed E-state index contributed by atoms with van der Waals surface area (Å²) in [5, 5.41) is 11.4. The number of aromatic nitrogens is 3. The van der Waals surface area contributed by atoms with Crippen LogP contribution in [0.5, 0.6) is 0 Å². The van der Waals surface area contributed by atoms with E-state index in [-0.39, 0.29) is 18.8 Å².